The summed E-state index contributed by atoms with van der Waals surface area (Å²) in [4.78, 5) is 4.19. The second-order valence-electron chi connectivity index (χ2n) is 2.10. The maximum absolute atomic E-state index is 8.48. The van der Waals surface area contributed by atoms with Crippen molar-refractivity contribution in [3.8, 4) is 0 Å². The average Bonchev–Trinajstić information content (AvgIpc) is 1.88. The number of hydrogen-bond acceptors (Lipinski definition) is 2. The first-order valence-corrected chi connectivity index (χ1v) is 3.24. The summed E-state index contributed by atoms with van der Waals surface area (Å²) in [6.07, 6.45) is 1.72. The summed E-state index contributed by atoms with van der Waals surface area (Å²) in [5.41, 5.74) is 0. The van der Waals surface area contributed by atoms with E-state index in [2.05, 4.69) is 4.84 Å². The molecule has 4 heteroatoms. The van der Waals surface area contributed by atoms with Crippen molar-refractivity contribution >= 4 is 0 Å². The third-order valence-electron chi connectivity index (χ3n) is 1.43. The number of rotatable bonds is 5. The topological polar surface area (TPSA) is 53.3 Å². The number of hydrogen-bond donors (Lipinski definition) is 1. The predicted octanol–water partition coefficient (Wildman–Crippen LogP) is 1.38. The van der Waals surface area contributed by atoms with Crippen molar-refractivity contribution in [3.63, 3.8) is 0 Å². The standard InChI is InChI=1S/C6H14NO2.Pd/c1-2-6(3-4-8)5-9-7;/h6-8H,2-5H2,1H3;/q-1;+2. The van der Waals surface area contributed by atoms with Gasteiger partial charge in [-0.05, 0) is 12.3 Å². The summed E-state index contributed by atoms with van der Waals surface area (Å²) >= 11 is 0. The fraction of sp³-hybridized carbons (Fsp3) is 1.00. The minimum absolute atomic E-state index is 0. The molecule has 0 aliphatic heterocycles. The van der Waals surface area contributed by atoms with Crippen LogP contribution in [0, 0.1) is 5.92 Å². The van der Waals surface area contributed by atoms with E-state index in [0.717, 1.165) is 12.8 Å². The van der Waals surface area contributed by atoms with E-state index in [1.807, 2.05) is 6.92 Å². The summed E-state index contributed by atoms with van der Waals surface area (Å²) in [7, 11) is 0. The van der Waals surface area contributed by atoms with E-state index in [4.69, 9.17) is 11.0 Å². The smallest absolute Gasteiger partial charge is 0.549 e. The molecule has 0 aromatic carbocycles. The fourth-order valence-corrected chi connectivity index (χ4v) is 0.706. The van der Waals surface area contributed by atoms with Crippen molar-refractivity contribution in [1.82, 2.24) is 0 Å². The molecule has 64 valence electrons. The molecule has 0 fully saturated rings. The molecule has 0 aliphatic carbocycles. The normalized spacial score (nSPS) is 12.3. The number of nitrogens with one attached hydrogen (secondary N) is 1. The Hall–Kier alpha value is 0.542. The minimum atomic E-state index is 0. The summed E-state index contributed by atoms with van der Waals surface area (Å²) in [5, 5.41) is 8.48. The molecule has 0 aromatic rings. The molecule has 0 spiro atoms. The van der Waals surface area contributed by atoms with E-state index in [-0.39, 0.29) is 27.0 Å². The molecule has 0 aliphatic rings. The van der Waals surface area contributed by atoms with Gasteiger partial charge in [0, 0.05) is 13.2 Å². The number of aliphatic hydroxyl groups is 1. The molecule has 0 saturated heterocycles. The number of aliphatic hydroxyl groups excluding tert-OH is 1. The van der Waals surface area contributed by atoms with Crippen molar-refractivity contribution in [1.29, 1.82) is 0 Å². The second kappa shape index (κ2) is 9.54. The van der Waals surface area contributed by atoms with Gasteiger partial charge < -0.3 is 15.8 Å². The first-order chi connectivity index (χ1) is 4.35. The van der Waals surface area contributed by atoms with Gasteiger partial charge in [0.15, 0.2) is 0 Å². The van der Waals surface area contributed by atoms with Crippen LogP contribution < -0.4 is 0 Å². The molecule has 0 heterocycles. The van der Waals surface area contributed by atoms with Crippen molar-refractivity contribution in [2.24, 2.45) is 5.92 Å². The molecule has 0 bridgehead atoms. The van der Waals surface area contributed by atoms with Gasteiger partial charge in [0.05, 0.1) is 0 Å². The van der Waals surface area contributed by atoms with Crippen LogP contribution in [-0.2, 0) is 25.3 Å². The van der Waals surface area contributed by atoms with Gasteiger partial charge in [-0.3, -0.25) is 0 Å². The Morgan fingerprint density at radius 3 is 2.50 bits per heavy atom. The Bertz CT molecular complexity index is 57.7. The van der Waals surface area contributed by atoms with Gasteiger partial charge in [0.2, 0.25) is 0 Å². The van der Waals surface area contributed by atoms with Crippen LogP contribution in [-0.4, -0.2) is 18.3 Å². The SMILES string of the molecule is CCC(CCO)CO[NH-].[Pd+2]. The van der Waals surface area contributed by atoms with Crippen LogP contribution in [0.15, 0.2) is 0 Å². The maximum atomic E-state index is 8.48. The molecule has 0 radical (unpaired) electrons. The molecule has 0 saturated carbocycles. The predicted molar refractivity (Wildman–Crippen MR) is 35.8 cm³/mol. The van der Waals surface area contributed by atoms with Crippen molar-refractivity contribution in [2.45, 2.75) is 19.8 Å². The van der Waals surface area contributed by atoms with Crippen LogP contribution >= 0.6 is 0 Å². The largest absolute Gasteiger partial charge is 2.00 e. The van der Waals surface area contributed by atoms with Gasteiger partial charge in [0.25, 0.3) is 0 Å². The Morgan fingerprint density at radius 1 is 1.60 bits per heavy atom. The first-order valence-electron chi connectivity index (χ1n) is 3.24. The van der Waals surface area contributed by atoms with Crippen LogP contribution in [0.25, 0.3) is 5.90 Å². The maximum Gasteiger partial charge on any atom is 2.00 e. The van der Waals surface area contributed by atoms with E-state index < -0.39 is 0 Å². The minimum Gasteiger partial charge on any atom is -0.549 e. The molecule has 10 heavy (non-hydrogen) atoms. The van der Waals surface area contributed by atoms with E-state index in [1.165, 1.54) is 0 Å². The second-order valence-corrected chi connectivity index (χ2v) is 2.10. The van der Waals surface area contributed by atoms with Gasteiger partial charge >= 0.3 is 20.4 Å². The molecule has 0 aromatic heterocycles. The average molecular weight is 239 g/mol. The molecule has 3 nitrogen and oxygen atoms in total. The van der Waals surface area contributed by atoms with Crippen LogP contribution in [0.3, 0.4) is 0 Å². The molecule has 2 N–H and O–H groups in total. The molecule has 0 amide bonds. The summed E-state index contributed by atoms with van der Waals surface area (Å²) in [6, 6.07) is 0. The van der Waals surface area contributed by atoms with E-state index in [1.54, 1.807) is 0 Å². The zero-order valence-electron chi connectivity index (χ0n) is 6.08. The first kappa shape index (κ1) is 13.2. The third kappa shape index (κ3) is 6.66. The van der Waals surface area contributed by atoms with E-state index in [0.29, 0.717) is 12.5 Å². The van der Waals surface area contributed by atoms with Gasteiger partial charge in [-0.25, -0.2) is 0 Å². The van der Waals surface area contributed by atoms with E-state index >= 15 is 0 Å². The fourth-order valence-electron chi connectivity index (χ4n) is 0.706. The van der Waals surface area contributed by atoms with Gasteiger partial charge in [-0.15, -0.1) is 0 Å². The Morgan fingerprint density at radius 2 is 2.20 bits per heavy atom. The van der Waals surface area contributed by atoms with Crippen molar-refractivity contribution < 1.29 is 30.4 Å². The Kier molecular flexibility index (Phi) is 12.6. The van der Waals surface area contributed by atoms with Crippen LogP contribution in [0.1, 0.15) is 19.8 Å². The van der Waals surface area contributed by atoms with Crippen LogP contribution in [0.5, 0.6) is 0 Å². The van der Waals surface area contributed by atoms with Gasteiger partial charge in [-0.1, -0.05) is 13.3 Å². The molecule has 1 atom stereocenters. The monoisotopic (exact) mass is 238 g/mol. The summed E-state index contributed by atoms with van der Waals surface area (Å²) < 4.78 is 0. The summed E-state index contributed by atoms with van der Waals surface area (Å²) in [6.45, 7) is 2.66. The van der Waals surface area contributed by atoms with Gasteiger partial charge in [-0.2, -0.15) is 0 Å². The van der Waals surface area contributed by atoms with Gasteiger partial charge in [0.1, 0.15) is 0 Å². The quantitative estimate of drug-likeness (QED) is 0.581. The van der Waals surface area contributed by atoms with E-state index in [9.17, 15) is 0 Å². The Labute approximate surface area is 75.5 Å². The van der Waals surface area contributed by atoms with Crippen LogP contribution in [0.4, 0.5) is 0 Å². The zero-order valence-corrected chi connectivity index (χ0v) is 7.63. The molecule has 0 rings (SSSR count). The molecular weight excluding hydrogens is 224 g/mol. The zero-order chi connectivity index (χ0) is 7.11. The molecular formula is C6H14NO2Pd+. The molecule has 1 unspecified atom stereocenters. The summed E-state index contributed by atoms with van der Waals surface area (Å²) in [5.74, 6) is 6.79. The third-order valence-corrected chi connectivity index (χ3v) is 1.43. The van der Waals surface area contributed by atoms with Crippen LogP contribution in [0.2, 0.25) is 0 Å². The van der Waals surface area contributed by atoms with Crippen molar-refractivity contribution in [2.75, 3.05) is 13.2 Å². The van der Waals surface area contributed by atoms with Crippen molar-refractivity contribution in [3.05, 3.63) is 5.90 Å². The Balaban J connectivity index is 0.